The fourth-order valence-electron chi connectivity index (χ4n) is 6.14. The molecule has 0 aliphatic heterocycles. The van der Waals surface area contributed by atoms with Gasteiger partial charge in [0.1, 0.15) is 27.9 Å². The Morgan fingerprint density at radius 1 is 0.959 bits per heavy atom. The number of hydrogen-bond donors (Lipinski definition) is 0. The monoisotopic (exact) mass is 732 g/mol. The molecule has 1 aliphatic rings. The quantitative estimate of drug-likeness (QED) is 0.180. The lowest BCUT2D eigenvalue weighted by molar-refractivity contribution is 0.0144. The molecule has 4 aromatic rings. The van der Waals surface area contributed by atoms with Gasteiger partial charge in [0.15, 0.2) is 9.84 Å². The summed E-state index contributed by atoms with van der Waals surface area (Å²) < 4.78 is 65.4. The van der Waals surface area contributed by atoms with E-state index in [1.807, 2.05) is 32.9 Å². The number of sulfone groups is 1. The van der Waals surface area contributed by atoms with Crippen LogP contribution >= 0.6 is 22.9 Å². The van der Waals surface area contributed by atoms with Crippen molar-refractivity contribution >= 4 is 54.9 Å². The summed E-state index contributed by atoms with van der Waals surface area (Å²) in [4.78, 5) is 30.7. The van der Waals surface area contributed by atoms with Crippen molar-refractivity contribution in [2.24, 2.45) is 0 Å². The van der Waals surface area contributed by atoms with E-state index in [1.165, 1.54) is 13.2 Å². The van der Waals surface area contributed by atoms with Crippen LogP contribution < -0.4 is 4.74 Å². The van der Waals surface area contributed by atoms with Gasteiger partial charge in [0.25, 0.3) is 5.91 Å². The fraction of sp³-hybridized carbons (Fsp3) is 0.389. The Morgan fingerprint density at radius 3 is 2.20 bits per heavy atom. The van der Waals surface area contributed by atoms with Crippen molar-refractivity contribution in [3.8, 4) is 16.9 Å². The number of carbonyl (C=O) groups excluding carboxylic acids is 2. The second-order valence-corrected chi connectivity index (χ2v) is 16.7. The van der Waals surface area contributed by atoms with Crippen LogP contribution in [0.5, 0.6) is 5.75 Å². The van der Waals surface area contributed by atoms with Crippen LogP contribution in [0, 0.1) is 11.6 Å². The number of benzene rings is 3. The summed E-state index contributed by atoms with van der Waals surface area (Å²) in [6.07, 6.45) is 2.96. The summed E-state index contributed by atoms with van der Waals surface area (Å²) in [5, 5.41) is -0.286. The molecule has 1 heterocycles. The number of methoxy groups -OCH3 is 1. The Hall–Kier alpha value is -3.74. The SMILES string of the molecule is COc1ccc(-c2cccc(S(C)(=O)=O)c2)cc1CN(C(=O)c1sc2c(F)ccc(F)c2c1Cl)[C@H]1CC[C@H](N(C)C(=O)OC(C)(C)C)CC1. The molecule has 0 radical (unpaired) electrons. The van der Waals surface area contributed by atoms with E-state index < -0.39 is 39.1 Å². The number of amides is 2. The third kappa shape index (κ3) is 8.02. The molecule has 49 heavy (non-hydrogen) atoms. The first-order valence-corrected chi connectivity index (χ1v) is 18.9. The molecule has 0 saturated heterocycles. The molecule has 0 unspecified atom stereocenters. The van der Waals surface area contributed by atoms with Crippen molar-refractivity contribution in [3.63, 3.8) is 0 Å². The molecule has 1 saturated carbocycles. The highest BCUT2D eigenvalue weighted by Crippen LogP contribution is 2.41. The maximum absolute atomic E-state index is 14.8. The Kier molecular flexibility index (Phi) is 10.6. The predicted molar refractivity (Wildman–Crippen MR) is 188 cm³/mol. The summed E-state index contributed by atoms with van der Waals surface area (Å²) in [7, 11) is -0.233. The molecule has 262 valence electrons. The molecular formula is C36H39ClF2N2O6S2. The molecule has 8 nitrogen and oxygen atoms in total. The van der Waals surface area contributed by atoms with Gasteiger partial charge < -0.3 is 19.3 Å². The minimum Gasteiger partial charge on any atom is -0.496 e. The normalized spacial score (nSPS) is 16.8. The molecule has 1 fully saturated rings. The van der Waals surface area contributed by atoms with Crippen LogP contribution in [0.25, 0.3) is 21.2 Å². The first kappa shape index (κ1) is 36.5. The number of ether oxygens (including phenoxy) is 2. The highest BCUT2D eigenvalue weighted by atomic mass is 35.5. The average Bonchev–Trinajstić information content (AvgIpc) is 3.41. The smallest absolute Gasteiger partial charge is 0.410 e. The summed E-state index contributed by atoms with van der Waals surface area (Å²) in [5.41, 5.74) is 1.36. The fourth-order valence-corrected chi connectivity index (χ4v) is 8.32. The molecule has 0 bridgehead atoms. The van der Waals surface area contributed by atoms with Crippen LogP contribution in [0.4, 0.5) is 13.6 Å². The summed E-state index contributed by atoms with van der Waals surface area (Å²) in [6, 6.07) is 13.6. The molecule has 0 N–H and O–H groups in total. The lowest BCUT2D eigenvalue weighted by Gasteiger charge is -2.40. The first-order chi connectivity index (χ1) is 23.0. The lowest BCUT2D eigenvalue weighted by atomic mass is 9.89. The van der Waals surface area contributed by atoms with E-state index in [1.54, 1.807) is 41.1 Å². The van der Waals surface area contributed by atoms with Crippen molar-refractivity contribution in [3.05, 3.63) is 81.7 Å². The van der Waals surface area contributed by atoms with E-state index in [-0.39, 0.29) is 43.5 Å². The molecule has 2 amide bonds. The van der Waals surface area contributed by atoms with Gasteiger partial charge in [-0.1, -0.05) is 29.8 Å². The maximum Gasteiger partial charge on any atom is 0.410 e. The van der Waals surface area contributed by atoms with Gasteiger partial charge in [-0.3, -0.25) is 4.79 Å². The van der Waals surface area contributed by atoms with Gasteiger partial charge in [0, 0.05) is 37.5 Å². The summed E-state index contributed by atoms with van der Waals surface area (Å²) >= 11 is 7.42. The molecule has 13 heteroatoms. The third-order valence-corrected chi connectivity index (χ3v) is 11.5. The largest absolute Gasteiger partial charge is 0.496 e. The molecule has 3 aromatic carbocycles. The van der Waals surface area contributed by atoms with Gasteiger partial charge in [0.05, 0.1) is 27.1 Å². The number of thiophene rings is 1. The minimum absolute atomic E-state index is 0.0182. The van der Waals surface area contributed by atoms with Crippen molar-refractivity contribution in [2.45, 2.75) is 75.6 Å². The van der Waals surface area contributed by atoms with Gasteiger partial charge in [-0.15, -0.1) is 11.3 Å². The van der Waals surface area contributed by atoms with E-state index >= 15 is 0 Å². The van der Waals surface area contributed by atoms with Crippen LogP contribution in [0.1, 0.15) is 61.7 Å². The Labute approximate surface area is 294 Å². The van der Waals surface area contributed by atoms with Gasteiger partial charge in [0.2, 0.25) is 0 Å². The number of fused-ring (bicyclic) bond motifs is 1. The Morgan fingerprint density at radius 2 is 1.59 bits per heavy atom. The molecule has 1 aromatic heterocycles. The predicted octanol–water partition coefficient (Wildman–Crippen LogP) is 8.73. The first-order valence-electron chi connectivity index (χ1n) is 15.8. The van der Waals surface area contributed by atoms with Crippen molar-refractivity contribution in [2.75, 3.05) is 20.4 Å². The number of hydrogen-bond acceptors (Lipinski definition) is 7. The Balaban J connectivity index is 1.52. The van der Waals surface area contributed by atoms with Gasteiger partial charge in [-0.25, -0.2) is 22.0 Å². The molecule has 0 atom stereocenters. The van der Waals surface area contributed by atoms with Crippen molar-refractivity contribution in [1.82, 2.24) is 9.80 Å². The van der Waals surface area contributed by atoms with Crippen LogP contribution in [-0.2, 0) is 21.1 Å². The standard InChI is InChI=1S/C36H39ClF2N2O6S2/c1-36(2,3)47-35(43)40(4)24-11-13-25(14-12-24)41(34(42)33-31(37)30-27(38)15-16-28(39)32(30)48-33)20-23-18-22(10-17-29(23)46-5)21-8-7-9-26(19-21)49(6,44)45/h7-10,15-19,24-25H,11-14,20H2,1-6H3/t24-,25-. The minimum atomic E-state index is -3.45. The van der Waals surface area contributed by atoms with Gasteiger partial charge in [-0.05, 0) is 94.0 Å². The molecule has 1 aliphatic carbocycles. The maximum atomic E-state index is 14.8. The second-order valence-electron chi connectivity index (χ2n) is 13.3. The van der Waals surface area contributed by atoms with E-state index in [2.05, 4.69) is 0 Å². The third-order valence-electron chi connectivity index (χ3n) is 8.69. The van der Waals surface area contributed by atoms with E-state index in [4.69, 9.17) is 21.1 Å². The van der Waals surface area contributed by atoms with Crippen LogP contribution in [0.2, 0.25) is 5.02 Å². The summed E-state index contributed by atoms with van der Waals surface area (Å²) in [6.45, 7) is 5.49. The van der Waals surface area contributed by atoms with Crippen molar-refractivity contribution < 1.29 is 36.3 Å². The van der Waals surface area contributed by atoms with Crippen LogP contribution in [-0.4, -0.2) is 68.3 Å². The zero-order chi connectivity index (χ0) is 35.8. The van der Waals surface area contributed by atoms with Gasteiger partial charge >= 0.3 is 6.09 Å². The topological polar surface area (TPSA) is 93.2 Å². The number of halogens is 3. The van der Waals surface area contributed by atoms with Crippen LogP contribution in [0.15, 0.2) is 59.5 Å². The second kappa shape index (κ2) is 14.2. The van der Waals surface area contributed by atoms with E-state index in [0.717, 1.165) is 29.7 Å². The summed E-state index contributed by atoms with van der Waals surface area (Å²) in [5.74, 6) is -1.39. The molecule has 0 spiro atoms. The number of carbonyl (C=O) groups is 2. The number of nitrogens with zero attached hydrogens (tertiary/aromatic N) is 2. The van der Waals surface area contributed by atoms with Crippen LogP contribution in [0.3, 0.4) is 0 Å². The van der Waals surface area contributed by atoms with E-state index in [9.17, 15) is 26.8 Å². The number of rotatable bonds is 8. The molecule has 5 rings (SSSR count). The average molecular weight is 733 g/mol. The Bertz CT molecular complexity index is 2000. The highest BCUT2D eigenvalue weighted by Gasteiger charge is 2.35. The zero-order valence-corrected chi connectivity index (χ0v) is 30.6. The lowest BCUT2D eigenvalue weighted by Crippen LogP contribution is -2.47. The van der Waals surface area contributed by atoms with Crippen molar-refractivity contribution in [1.29, 1.82) is 0 Å². The van der Waals surface area contributed by atoms with E-state index in [0.29, 0.717) is 48.1 Å². The van der Waals surface area contributed by atoms with Gasteiger partial charge in [-0.2, -0.15) is 0 Å². The zero-order valence-electron chi connectivity index (χ0n) is 28.2. The molecular weight excluding hydrogens is 694 g/mol. The highest BCUT2D eigenvalue weighted by molar-refractivity contribution is 7.90.